The third-order valence-corrected chi connectivity index (χ3v) is 9.87. The molecule has 1 unspecified atom stereocenters. The maximum Gasteiger partial charge on any atom is 0.183 e. The number of ether oxygens (including phenoxy) is 1. The fraction of sp³-hybridized carbons (Fsp3) is 0.951. The normalized spacial score (nSPS) is 12.3. The van der Waals surface area contributed by atoms with Crippen molar-refractivity contribution in [3.8, 4) is 0 Å². The topological polar surface area (TPSA) is 69.4 Å². The van der Waals surface area contributed by atoms with Crippen molar-refractivity contribution in [1.29, 1.82) is 0 Å². The van der Waals surface area contributed by atoms with Crippen molar-refractivity contribution in [3.63, 3.8) is 0 Å². The molecule has 276 valence electrons. The summed E-state index contributed by atoms with van der Waals surface area (Å²) < 4.78 is 5.94. The fourth-order valence-electron chi connectivity index (χ4n) is 6.46. The standard InChI is InChI=1S/C41H81NO3.ClH/c1-5-8-10-12-14-16-18-20-22-24-26-28-30-32-34-36-38(43)41(4,45-40(42)7-3)39(44)37-35-33-31-29-27-25-23-21-19-17-15-13-11-9-6-2;/h40H,5-37,42H2,1-4H3;1H. The monoisotopic (exact) mass is 672 g/mol. The van der Waals surface area contributed by atoms with Crippen molar-refractivity contribution in [1.82, 2.24) is 0 Å². The predicted molar refractivity (Wildman–Crippen MR) is 204 cm³/mol. The minimum atomic E-state index is -1.39. The van der Waals surface area contributed by atoms with Crippen LogP contribution in [-0.4, -0.2) is 23.4 Å². The van der Waals surface area contributed by atoms with Gasteiger partial charge in [-0.25, -0.2) is 0 Å². The number of carbonyl (C=O) groups excluding carboxylic acids is 2. The van der Waals surface area contributed by atoms with Crippen molar-refractivity contribution < 1.29 is 14.3 Å². The van der Waals surface area contributed by atoms with Crippen LogP contribution in [0.2, 0.25) is 0 Å². The van der Waals surface area contributed by atoms with Gasteiger partial charge in [0.1, 0.15) is 6.23 Å². The summed E-state index contributed by atoms with van der Waals surface area (Å²) in [5.41, 5.74) is 4.69. The molecule has 0 aliphatic rings. The minimum absolute atomic E-state index is 0. The summed E-state index contributed by atoms with van der Waals surface area (Å²) in [4.78, 5) is 26.5. The molecule has 0 aromatic carbocycles. The summed E-state index contributed by atoms with van der Waals surface area (Å²) in [6.45, 7) is 8.17. The summed E-state index contributed by atoms with van der Waals surface area (Å²) in [6.07, 6.45) is 39.8. The number of hydrogen-bond acceptors (Lipinski definition) is 4. The molecule has 0 aromatic heterocycles. The van der Waals surface area contributed by atoms with E-state index in [-0.39, 0.29) is 24.0 Å². The van der Waals surface area contributed by atoms with E-state index in [1.54, 1.807) is 6.92 Å². The van der Waals surface area contributed by atoms with E-state index in [2.05, 4.69) is 13.8 Å². The van der Waals surface area contributed by atoms with E-state index in [1.807, 2.05) is 6.92 Å². The summed E-state index contributed by atoms with van der Waals surface area (Å²) >= 11 is 0. The van der Waals surface area contributed by atoms with Gasteiger partial charge in [-0.2, -0.15) is 0 Å². The molecule has 46 heavy (non-hydrogen) atoms. The Balaban J connectivity index is 0. The molecular formula is C41H82ClNO3. The van der Waals surface area contributed by atoms with E-state index in [0.717, 1.165) is 25.7 Å². The molecule has 4 nitrogen and oxygen atoms in total. The molecule has 1 atom stereocenters. The van der Waals surface area contributed by atoms with Gasteiger partial charge in [0, 0.05) is 12.8 Å². The first-order chi connectivity index (χ1) is 21.9. The van der Waals surface area contributed by atoms with E-state index >= 15 is 0 Å². The first-order valence-electron chi connectivity index (χ1n) is 20.4. The maximum atomic E-state index is 13.3. The third kappa shape index (κ3) is 28.6. The number of ketones is 2. The molecule has 0 fully saturated rings. The van der Waals surface area contributed by atoms with E-state index in [9.17, 15) is 9.59 Å². The summed E-state index contributed by atoms with van der Waals surface area (Å²) in [6, 6.07) is 0. The Morgan fingerprint density at radius 3 is 0.891 bits per heavy atom. The second kappa shape index (κ2) is 35.8. The highest BCUT2D eigenvalue weighted by Gasteiger charge is 2.41. The van der Waals surface area contributed by atoms with Crippen molar-refractivity contribution in [2.24, 2.45) is 5.73 Å². The van der Waals surface area contributed by atoms with E-state index < -0.39 is 11.8 Å². The van der Waals surface area contributed by atoms with E-state index in [4.69, 9.17) is 10.5 Å². The van der Waals surface area contributed by atoms with Gasteiger partial charge in [-0.15, -0.1) is 12.4 Å². The molecule has 0 spiro atoms. The Bertz CT molecular complexity index is 610. The van der Waals surface area contributed by atoms with Gasteiger partial charge >= 0.3 is 0 Å². The molecule has 0 heterocycles. The maximum absolute atomic E-state index is 13.3. The Labute approximate surface area is 294 Å². The zero-order valence-electron chi connectivity index (χ0n) is 31.6. The van der Waals surface area contributed by atoms with E-state index in [1.165, 1.54) is 167 Å². The summed E-state index contributed by atoms with van der Waals surface area (Å²) in [5.74, 6) is -0.154. The molecule has 5 heteroatoms. The lowest BCUT2D eigenvalue weighted by atomic mass is 9.88. The number of rotatable bonds is 37. The highest BCUT2D eigenvalue weighted by atomic mass is 35.5. The van der Waals surface area contributed by atoms with Crippen LogP contribution in [0.25, 0.3) is 0 Å². The molecule has 0 amide bonds. The average molecular weight is 673 g/mol. The Kier molecular flexibility index (Phi) is 37.1. The second-order valence-corrected chi connectivity index (χ2v) is 14.3. The van der Waals surface area contributed by atoms with Crippen molar-refractivity contribution >= 4 is 24.0 Å². The lowest BCUT2D eigenvalue weighted by Gasteiger charge is -2.30. The first kappa shape index (κ1) is 47.7. The zero-order chi connectivity index (χ0) is 33.3. The molecule has 0 aromatic rings. The first-order valence-corrected chi connectivity index (χ1v) is 20.4. The van der Waals surface area contributed by atoms with Crippen molar-refractivity contribution in [2.75, 3.05) is 0 Å². The highest BCUT2D eigenvalue weighted by Crippen LogP contribution is 2.24. The van der Waals surface area contributed by atoms with Gasteiger partial charge in [0.2, 0.25) is 0 Å². The quantitative estimate of drug-likeness (QED) is 0.0405. The summed E-state index contributed by atoms with van der Waals surface area (Å²) in [7, 11) is 0. The van der Waals surface area contributed by atoms with Crippen LogP contribution < -0.4 is 5.73 Å². The lowest BCUT2D eigenvalue weighted by Crippen LogP contribution is -2.50. The minimum Gasteiger partial charge on any atom is -0.342 e. The molecular weight excluding hydrogens is 590 g/mol. The van der Waals surface area contributed by atoms with E-state index in [0.29, 0.717) is 19.3 Å². The van der Waals surface area contributed by atoms with Gasteiger partial charge in [-0.3, -0.25) is 9.59 Å². The van der Waals surface area contributed by atoms with Crippen molar-refractivity contribution in [3.05, 3.63) is 0 Å². The van der Waals surface area contributed by atoms with Crippen LogP contribution in [0, 0.1) is 0 Å². The molecule has 0 radical (unpaired) electrons. The van der Waals surface area contributed by atoms with Crippen LogP contribution in [0.5, 0.6) is 0 Å². The predicted octanol–water partition coefficient (Wildman–Crippen LogP) is 13.5. The average Bonchev–Trinajstić information content (AvgIpc) is 3.04. The van der Waals surface area contributed by atoms with Crippen LogP contribution in [0.4, 0.5) is 0 Å². The number of Topliss-reactive ketones (excluding diaryl/α,β-unsaturated/α-hetero) is 2. The molecule has 0 saturated heterocycles. The number of unbranched alkanes of at least 4 members (excludes halogenated alkanes) is 28. The van der Waals surface area contributed by atoms with Crippen LogP contribution >= 0.6 is 12.4 Å². The highest BCUT2D eigenvalue weighted by molar-refractivity contribution is 6.10. The van der Waals surface area contributed by atoms with Crippen LogP contribution in [0.3, 0.4) is 0 Å². The fourth-order valence-corrected chi connectivity index (χ4v) is 6.46. The van der Waals surface area contributed by atoms with Gasteiger partial charge in [-0.05, 0) is 26.2 Å². The molecule has 0 rings (SSSR count). The summed E-state index contributed by atoms with van der Waals surface area (Å²) in [5, 5.41) is 0. The van der Waals surface area contributed by atoms with Gasteiger partial charge in [-0.1, -0.05) is 201 Å². The molecule has 0 saturated carbocycles. The molecule has 0 aliphatic carbocycles. The largest absolute Gasteiger partial charge is 0.342 e. The Morgan fingerprint density at radius 2 is 0.674 bits per heavy atom. The van der Waals surface area contributed by atoms with Gasteiger partial charge < -0.3 is 10.5 Å². The smallest absolute Gasteiger partial charge is 0.183 e. The van der Waals surface area contributed by atoms with Gasteiger partial charge in [0.05, 0.1) is 0 Å². The molecule has 0 aliphatic heterocycles. The molecule has 2 N–H and O–H groups in total. The second-order valence-electron chi connectivity index (χ2n) is 14.3. The number of hydrogen-bond donors (Lipinski definition) is 1. The van der Waals surface area contributed by atoms with Crippen molar-refractivity contribution in [2.45, 2.75) is 251 Å². The SMILES string of the molecule is CCCCCCCCCCCCCCCCCC(=O)C(C)(OC(N)CC)C(=O)CCCCCCCCCCCCCCCCC.Cl. The van der Waals surface area contributed by atoms with Crippen LogP contribution in [0.15, 0.2) is 0 Å². The Hall–Kier alpha value is -0.450. The zero-order valence-corrected chi connectivity index (χ0v) is 32.4. The van der Waals surface area contributed by atoms with Gasteiger partial charge in [0.25, 0.3) is 0 Å². The number of nitrogens with two attached hydrogens (primary N) is 1. The Morgan fingerprint density at radius 1 is 0.457 bits per heavy atom. The number of halogens is 1. The van der Waals surface area contributed by atoms with Gasteiger partial charge in [0.15, 0.2) is 17.2 Å². The third-order valence-electron chi connectivity index (χ3n) is 9.87. The number of carbonyl (C=O) groups is 2. The molecule has 0 bridgehead atoms. The lowest BCUT2D eigenvalue weighted by molar-refractivity contribution is -0.163. The van der Waals surface area contributed by atoms with Crippen LogP contribution in [0.1, 0.15) is 240 Å². The van der Waals surface area contributed by atoms with Crippen LogP contribution in [-0.2, 0) is 14.3 Å².